The van der Waals surface area contributed by atoms with Crippen LogP contribution >= 0.6 is 7.25 Å². The monoisotopic (exact) mass is 289 g/mol. The van der Waals surface area contributed by atoms with Crippen LogP contribution in [0.15, 0.2) is 0 Å². The first-order chi connectivity index (χ1) is 5.88. The van der Waals surface area contributed by atoms with Crippen LogP contribution in [0.5, 0.6) is 0 Å². The number of rotatable bonds is 3. The predicted molar refractivity (Wildman–Crippen MR) is 57.3 cm³/mol. The summed E-state index contributed by atoms with van der Waals surface area (Å²) < 4.78 is 22.0. The van der Waals surface area contributed by atoms with Gasteiger partial charge in [0.1, 0.15) is 7.85 Å². The molecule has 3 radical (unpaired) electrons. The van der Waals surface area contributed by atoms with Gasteiger partial charge in [-0.05, 0) is 18.8 Å². The topological polar surface area (TPSA) is 35.5 Å². The van der Waals surface area contributed by atoms with Crippen molar-refractivity contribution >= 4 is 22.7 Å². The molecule has 0 aromatic heterocycles. The van der Waals surface area contributed by atoms with E-state index in [4.69, 9.17) is 17.1 Å². The Hall–Kier alpha value is 1.38. The first-order valence-electron chi connectivity index (χ1n) is 3.89. The van der Waals surface area contributed by atoms with Crippen LogP contribution < -0.4 is 0 Å². The van der Waals surface area contributed by atoms with Gasteiger partial charge in [0.2, 0.25) is 0 Å². The average Bonchev–Trinajstić information content (AvgIpc) is 2.27. The fourth-order valence-electron chi connectivity index (χ4n) is 1.09. The molecule has 0 spiro atoms. The fraction of sp³-hybridized carbons (Fsp3) is 0.857. The van der Waals surface area contributed by atoms with Gasteiger partial charge in [0, 0.05) is 46.6 Å². The van der Waals surface area contributed by atoms with Crippen LogP contribution in [0.1, 0.15) is 6.92 Å². The molecule has 0 aliphatic carbocycles. The summed E-state index contributed by atoms with van der Waals surface area (Å²) >= 11 is 0. The van der Waals surface area contributed by atoms with E-state index < -0.39 is 7.25 Å². The summed E-state index contributed by atoms with van der Waals surface area (Å²) in [4.78, 5) is 0. The largest absolute Gasteiger partial charge is 0.417 e. The van der Waals surface area contributed by atoms with Gasteiger partial charge >= 0.3 is 0 Å². The number of hydrogen-bond donors (Lipinski definition) is 0. The van der Waals surface area contributed by atoms with Crippen molar-refractivity contribution in [3.63, 3.8) is 0 Å². The van der Waals surface area contributed by atoms with E-state index in [2.05, 4.69) is 0 Å². The molecule has 1 fully saturated rings. The van der Waals surface area contributed by atoms with Gasteiger partial charge in [-0.15, -0.1) is 0 Å². The molecule has 77 valence electrons. The molecule has 4 atom stereocenters. The third kappa shape index (κ3) is 5.46. The van der Waals surface area contributed by atoms with Crippen LogP contribution in [-0.4, -0.2) is 40.8 Å². The molecule has 7 heteroatoms. The normalized spacial score (nSPS) is 36.1. The first kappa shape index (κ1) is 15.4. The van der Waals surface area contributed by atoms with Crippen molar-refractivity contribution in [3.05, 3.63) is 6.42 Å². The molecule has 1 heterocycles. The maximum atomic E-state index is 11.3. The fourth-order valence-corrected chi connectivity index (χ4v) is 1.45. The van der Waals surface area contributed by atoms with Gasteiger partial charge in [-0.1, -0.05) is 6.92 Å². The van der Waals surface area contributed by atoms with Crippen LogP contribution in [0.4, 0.5) is 0 Å². The average molecular weight is 289 g/mol. The molecule has 1 saturated heterocycles. The summed E-state index contributed by atoms with van der Waals surface area (Å²) in [6.45, 7) is 4.10. The minimum absolute atomic E-state index is 0. The Bertz CT molecular complexity index is 213. The van der Waals surface area contributed by atoms with E-state index in [1.54, 1.807) is 6.66 Å². The summed E-state index contributed by atoms with van der Waals surface area (Å²) in [5.41, 5.74) is 0. The number of hydrogen-bond acceptors (Lipinski definition) is 3. The maximum Gasteiger partial charge on any atom is 0.105 e. The minimum atomic E-state index is -2.15. The molecule has 1 rings (SSSR count). The Balaban J connectivity index is 0.00000169. The van der Waals surface area contributed by atoms with Gasteiger partial charge < -0.3 is 13.8 Å². The van der Waals surface area contributed by atoms with Crippen molar-refractivity contribution in [2.24, 2.45) is 5.92 Å². The van der Waals surface area contributed by atoms with Crippen LogP contribution in [0.3, 0.4) is 0 Å². The molecule has 0 N–H and O–H groups in total. The smallest absolute Gasteiger partial charge is 0.105 e. The SMILES string of the molecule is [B]C1OC(COP([BH3-])(C)=O)[CH-]C1C.[Y]. The van der Waals surface area contributed by atoms with Gasteiger partial charge in [0.25, 0.3) is 0 Å². The van der Waals surface area contributed by atoms with Gasteiger partial charge in [-0.2, -0.15) is 5.92 Å². The van der Waals surface area contributed by atoms with E-state index in [1.807, 2.05) is 13.3 Å². The van der Waals surface area contributed by atoms with E-state index in [1.165, 1.54) is 0 Å². The van der Waals surface area contributed by atoms with Gasteiger partial charge in [0.15, 0.2) is 0 Å². The zero-order valence-corrected chi connectivity index (χ0v) is 11.6. The van der Waals surface area contributed by atoms with Crippen molar-refractivity contribution in [2.45, 2.75) is 19.0 Å². The molecule has 0 aromatic rings. The second-order valence-electron chi connectivity index (χ2n) is 2.93. The Morgan fingerprint density at radius 1 is 1.71 bits per heavy atom. The van der Waals surface area contributed by atoms with Crippen LogP contribution in [0.25, 0.3) is 0 Å². The molecule has 3 nitrogen and oxygen atoms in total. The van der Waals surface area contributed by atoms with Crippen LogP contribution in [0, 0.1) is 12.3 Å². The Labute approximate surface area is 113 Å². The minimum Gasteiger partial charge on any atom is -0.417 e. The zero-order valence-electron chi connectivity index (χ0n) is 7.84. The molecule has 0 aromatic carbocycles. The third-order valence-corrected chi connectivity index (χ3v) is 2.30. The Morgan fingerprint density at radius 2 is 2.29 bits per heavy atom. The van der Waals surface area contributed by atoms with Crippen molar-refractivity contribution in [1.82, 2.24) is 0 Å². The first-order valence-corrected chi connectivity index (χ1v) is 5.52. The summed E-state index contributed by atoms with van der Waals surface area (Å²) in [5.74, 6) is 0.258. The molecular weight excluding hydrogens is 274 g/mol. The van der Waals surface area contributed by atoms with Crippen molar-refractivity contribution in [3.8, 4) is 0 Å². The van der Waals surface area contributed by atoms with Crippen LogP contribution in [-0.2, 0) is 46.5 Å². The van der Waals surface area contributed by atoms with Crippen LogP contribution in [0.2, 0.25) is 0 Å². The molecular formula is C7H15B2O3PY-2. The van der Waals surface area contributed by atoms with Gasteiger partial charge in [0.05, 0.1) is 7.57 Å². The van der Waals surface area contributed by atoms with E-state index in [-0.39, 0.29) is 58.3 Å². The third-order valence-electron chi connectivity index (χ3n) is 1.79. The van der Waals surface area contributed by atoms with Gasteiger partial charge in [-0.25, -0.2) is 0 Å². The van der Waals surface area contributed by atoms with E-state index in [0.29, 0.717) is 6.61 Å². The molecule has 4 unspecified atom stereocenters. The Morgan fingerprint density at radius 3 is 2.64 bits per heavy atom. The summed E-state index contributed by atoms with van der Waals surface area (Å²) in [7, 11) is 3.27. The van der Waals surface area contributed by atoms with Crippen molar-refractivity contribution < 1.29 is 46.5 Å². The zero-order chi connectivity index (χ0) is 10.1. The van der Waals surface area contributed by atoms with Gasteiger partial charge in [-0.3, -0.25) is 6.42 Å². The van der Waals surface area contributed by atoms with E-state index in [9.17, 15) is 4.57 Å². The molecule has 0 amide bonds. The molecule has 1 aliphatic heterocycles. The van der Waals surface area contributed by atoms with E-state index >= 15 is 0 Å². The summed E-state index contributed by atoms with van der Waals surface area (Å²) in [6.07, 6.45) is 1.94. The summed E-state index contributed by atoms with van der Waals surface area (Å²) in [5, 5.41) is 0. The van der Waals surface area contributed by atoms with Crippen molar-refractivity contribution in [2.75, 3.05) is 13.3 Å². The molecule has 0 bridgehead atoms. The second kappa shape index (κ2) is 6.20. The maximum absolute atomic E-state index is 11.3. The molecule has 14 heavy (non-hydrogen) atoms. The Kier molecular flexibility index (Phi) is 6.81. The standard InChI is InChI=1S/C7H15B2O3P.Y/c1-5-3-6(12-7(5)8)4-11-13(2,9)10;/h3,5-7H,4H2,1-2,9H3;/q-2;. The molecule has 1 aliphatic rings. The van der Waals surface area contributed by atoms with Crippen molar-refractivity contribution in [1.29, 1.82) is 0 Å². The summed E-state index contributed by atoms with van der Waals surface area (Å²) in [6, 6.07) is -0.228. The predicted octanol–water partition coefficient (Wildman–Crippen LogP) is -0.0774. The molecule has 0 saturated carbocycles. The van der Waals surface area contributed by atoms with E-state index in [0.717, 1.165) is 0 Å². The quantitative estimate of drug-likeness (QED) is 0.414. The second-order valence-corrected chi connectivity index (χ2v) is 4.06. The number of ether oxygens (including phenoxy) is 1.